The van der Waals surface area contributed by atoms with Gasteiger partial charge in [-0.1, -0.05) is 29.8 Å². The number of nitrogens with zero attached hydrogens (tertiary/aromatic N) is 6. The maximum Gasteiger partial charge on any atom is 0.305 e. The van der Waals surface area contributed by atoms with Crippen LogP contribution in [0, 0.1) is 10.1 Å². The minimum absolute atomic E-state index is 0.171. The zero-order chi connectivity index (χ0) is 19.5. The highest BCUT2D eigenvalue weighted by atomic mass is 35.5. The van der Waals surface area contributed by atoms with Crippen molar-refractivity contribution in [3.05, 3.63) is 82.1 Å². The summed E-state index contributed by atoms with van der Waals surface area (Å²) in [7, 11) is 0. The normalized spacial score (nSPS) is 10.8. The van der Waals surface area contributed by atoms with Crippen molar-refractivity contribution in [1.82, 2.24) is 24.7 Å². The van der Waals surface area contributed by atoms with Gasteiger partial charge in [-0.25, -0.2) is 9.97 Å². The molecule has 0 fully saturated rings. The average molecular weight is 411 g/mol. The summed E-state index contributed by atoms with van der Waals surface area (Å²) in [5, 5.41) is 20.9. The predicted octanol–water partition coefficient (Wildman–Crippen LogP) is 4.44. The van der Waals surface area contributed by atoms with Crippen molar-refractivity contribution < 1.29 is 4.92 Å². The number of para-hydroxylation sites is 1. The molecule has 10 heteroatoms. The number of hydrogen-bond donors (Lipinski definition) is 0. The number of benzene rings is 2. The van der Waals surface area contributed by atoms with Crippen molar-refractivity contribution in [3.63, 3.8) is 0 Å². The molecule has 0 aliphatic heterocycles. The highest BCUT2D eigenvalue weighted by Crippen LogP contribution is 2.31. The van der Waals surface area contributed by atoms with Gasteiger partial charge in [0.15, 0.2) is 11.0 Å². The Morgan fingerprint density at radius 1 is 0.964 bits per heavy atom. The number of halogens is 1. The van der Waals surface area contributed by atoms with E-state index in [0.717, 1.165) is 11.3 Å². The molecule has 4 aromatic rings. The van der Waals surface area contributed by atoms with Gasteiger partial charge in [0.1, 0.15) is 12.4 Å². The summed E-state index contributed by atoms with van der Waals surface area (Å²) in [5.74, 6) is 0.632. The molecule has 0 saturated carbocycles. The fourth-order valence-electron chi connectivity index (χ4n) is 2.47. The van der Waals surface area contributed by atoms with E-state index < -0.39 is 4.92 Å². The quantitative estimate of drug-likeness (QED) is 0.272. The Bertz CT molecular complexity index is 1120. The van der Waals surface area contributed by atoms with Gasteiger partial charge in [0.25, 0.3) is 0 Å². The Kier molecular flexibility index (Phi) is 5.00. The summed E-state index contributed by atoms with van der Waals surface area (Å²) >= 11 is 7.16. The van der Waals surface area contributed by atoms with Gasteiger partial charge >= 0.3 is 5.69 Å². The minimum atomic E-state index is -0.542. The Morgan fingerprint density at radius 3 is 2.29 bits per heavy atom. The average Bonchev–Trinajstić information content (AvgIpc) is 3.13. The summed E-state index contributed by atoms with van der Waals surface area (Å²) < 4.78 is 1.87. The Hall–Kier alpha value is -3.30. The molecule has 2 heterocycles. The molecule has 28 heavy (non-hydrogen) atoms. The van der Waals surface area contributed by atoms with Crippen LogP contribution in [-0.4, -0.2) is 29.7 Å². The predicted molar refractivity (Wildman–Crippen MR) is 105 cm³/mol. The maximum atomic E-state index is 10.8. The third-order valence-corrected chi connectivity index (χ3v) is 4.85. The van der Waals surface area contributed by atoms with Crippen molar-refractivity contribution in [2.75, 3.05) is 0 Å². The van der Waals surface area contributed by atoms with Crippen LogP contribution in [0.3, 0.4) is 0 Å². The van der Waals surface area contributed by atoms with Crippen molar-refractivity contribution in [3.8, 4) is 17.1 Å². The third kappa shape index (κ3) is 3.71. The number of aromatic nitrogens is 5. The van der Waals surface area contributed by atoms with Crippen LogP contribution in [0.2, 0.25) is 5.02 Å². The molecule has 138 valence electrons. The third-order valence-electron chi connectivity index (χ3n) is 3.76. The molecule has 2 aromatic heterocycles. The molecule has 2 aromatic carbocycles. The molecule has 0 saturated heterocycles. The van der Waals surface area contributed by atoms with Crippen molar-refractivity contribution in [2.24, 2.45) is 0 Å². The molecule has 8 nitrogen and oxygen atoms in total. The maximum absolute atomic E-state index is 10.8. The first-order valence-electron chi connectivity index (χ1n) is 8.03. The smallest absolute Gasteiger partial charge is 0.270 e. The van der Waals surface area contributed by atoms with Crippen LogP contribution < -0.4 is 0 Å². The Balaban J connectivity index is 1.77. The van der Waals surface area contributed by atoms with E-state index in [1.807, 2.05) is 47.0 Å². The van der Waals surface area contributed by atoms with E-state index in [9.17, 15) is 10.1 Å². The lowest BCUT2D eigenvalue weighted by Gasteiger charge is -2.09. The molecule has 0 amide bonds. The summed E-state index contributed by atoms with van der Waals surface area (Å²) in [4.78, 5) is 18.3. The van der Waals surface area contributed by atoms with Gasteiger partial charge in [-0.15, -0.1) is 10.2 Å². The van der Waals surface area contributed by atoms with E-state index in [0.29, 0.717) is 21.2 Å². The van der Waals surface area contributed by atoms with Crippen molar-refractivity contribution >= 4 is 29.1 Å². The monoisotopic (exact) mass is 410 g/mol. The minimum Gasteiger partial charge on any atom is -0.270 e. The number of hydrogen-bond acceptors (Lipinski definition) is 7. The second-order valence-corrected chi connectivity index (χ2v) is 6.94. The molecule has 0 spiro atoms. The van der Waals surface area contributed by atoms with E-state index in [4.69, 9.17) is 11.6 Å². The van der Waals surface area contributed by atoms with Gasteiger partial charge in [-0.2, -0.15) is 0 Å². The second-order valence-electron chi connectivity index (χ2n) is 5.57. The molecule has 0 bridgehead atoms. The highest BCUT2D eigenvalue weighted by molar-refractivity contribution is 7.99. The van der Waals surface area contributed by atoms with Crippen LogP contribution in [0.15, 0.2) is 77.3 Å². The summed E-state index contributed by atoms with van der Waals surface area (Å²) in [5.41, 5.74) is 1.54. The summed E-state index contributed by atoms with van der Waals surface area (Å²) in [6, 6.07) is 16.9. The van der Waals surface area contributed by atoms with Crippen molar-refractivity contribution in [2.45, 2.75) is 10.3 Å². The van der Waals surface area contributed by atoms with Gasteiger partial charge in [-0.05, 0) is 48.2 Å². The van der Waals surface area contributed by atoms with Crippen LogP contribution in [0.25, 0.3) is 17.1 Å². The number of nitro groups is 1. The first-order valence-corrected chi connectivity index (χ1v) is 9.22. The number of rotatable bonds is 5. The van der Waals surface area contributed by atoms with Gasteiger partial charge in [0.2, 0.25) is 5.16 Å². The van der Waals surface area contributed by atoms with Gasteiger partial charge < -0.3 is 0 Å². The van der Waals surface area contributed by atoms with Gasteiger partial charge in [0, 0.05) is 16.3 Å². The molecule has 4 rings (SSSR count). The van der Waals surface area contributed by atoms with E-state index >= 15 is 0 Å². The van der Waals surface area contributed by atoms with E-state index in [1.54, 1.807) is 12.1 Å². The molecular formula is C18H11ClN6O2S. The van der Waals surface area contributed by atoms with Crippen LogP contribution in [0.4, 0.5) is 5.69 Å². The molecule has 0 aliphatic carbocycles. The second kappa shape index (κ2) is 7.75. The lowest BCUT2D eigenvalue weighted by atomic mass is 10.2. The Labute approximate surface area is 168 Å². The van der Waals surface area contributed by atoms with Crippen molar-refractivity contribution in [1.29, 1.82) is 0 Å². The van der Waals surface area contributed by atoms with Crippen LogP contribution >= 0.6 is 23.4 Å². The zero-order valence-corrected chi connectivity index (χ0v) is 15.7. The first-order chi connectivity index (χ1) is 13.6. The van der Waals surface area contributed by atoms with E-state index in [1.165, 1.54) is 24.2 Å². The standard InChI is InChI=1S/C18H11ClN6O2S/c19-13-8-6-12(7-9-13)16-22-23-18(24(16)14-4-2-1-3-5-14)28-17-20-10-15(11-21-17)25(26)27/h1-11H. The fourth-order valence-corrected chi connectivity index (χ4v) is 3.33. The van der Waals surface area contributed by atoms with Crippen LogP contribution in [0.1, 0.15) is 0 Å². The fraction of sp³-hybridized carbons (Fsp3) is 0. The summed E-state index contributed by atoms with van der Waals surface area (Å²) in [6.45, 7) is 0. The van der Waals surface area contributed by atoms with Gasteiger partial charge in [0.05, 0.1) is 4.92 Å². The summed E-state index contributed by atoms with van der Waals surface area (Å²) in [6.07, 6.45) is 2.33. The van der Waals surface area contributed by atoms with Crippen LogP contribution in [-0.2, 0) is 0 Å². The van der Waals surface area contributed by atoms with E-state index in [-0.39, 0.29) is 5.69 Å². The SMILES string of the molecule is O=[N+]([O-])c1cnc(Sc2nnc(-c3ccc(Cl)cc3)n2-c2ccccc2)nc1. The van der Waals surface area contributed by atoms with E-state index in [2.05, 4.69) is 20.2 Å². The lowest BCUT2D eigenvalue weighted by molar-refractivity contribution is -0.385. The van der Waals surface area contributed by atoms with Gasteiger partial charge in [-0.3, -0.25) is 14.7 Å². The van der Waals surface area contributed by atoms with Crippen LogP contribution in [0.5, 0.6) is 0 Å². The highest BCUT2D eigenvalue weighted by Gasteiger charge is 2.18. The molecule has 0 radical (unpaired) electrons. The molecular weight excluding hydrogens is 400 g/mol. The first kappa shape index (κ1) is 18.1. The molecule has 0 aliphatic rings. The Morgan fingerprint density at radius 2 is 1.64 bits per heavy atom. The topological polar surface area (TPSA) is 99.6 Å². The molecule has 0 unspecified atom stereocenters. The zero-order valence-electron chi connectivity index (χ0n) is 14.1. The lowest BCUT2D eigenvalue weighted by Crippen LogP contribution is -2.00. The largest absolute Gasteiger partial charge is 0.305 e. The molecule has 0 N–H and O–H groups in total. The molecule has 0 atom stereocenters.